The maximum absolute atomic E-state index is 13.6. The Morgan fingerprint density at radius 1 is 1.38 bits per heavy atom. The fourth-order valence-corrected chi connectivity index (χ4v) is 3.06. The predicted octanol–water partition coefficient (Wildman–Crippen LogP) is 2.45. The van der Waals surface area contributed by atoms with Gasteiger partial charge in [-0.25, -0.2) is 9.38 Å². The van der Waals surface area contributed by atoms with Crippen LogP contribution in [0.2, 0.25) is 5.02 Å². The van der Waals surface area contributed by atoms with Crippen LogP contribution < -0.4 is 0 Å². The molecule has 0 spiro atoms. The normalized spacial score (nSPS) is 20.2. The van der Waals surface area contributed by atoms with Crippen LogP contribution in [0.15, 0.2) is 28.2 Å². The molecule has 0 radical (unpaired) electrons. The van der Waals surface area contributed by atoms with Gasteiger partial charge in [0.2, 0.25) is 0 Å². The van der Waals surface area contributed by atoms with Gasteiger partial charge in [0.15, 0.2) is 0 Å². The van der Waals surface area contributed by atoms with Crippen molar-refractivity contribution in [3.8, 4) is 0 Å². The van der Waals surface area contributed by atoms with Gasteiger partial charge in [-0.2, -0.15) is 0 Å². The van der Waals surface area contributed by atoms with Gasteiger partial charge in [0, 0.05) is 18.7 Å². The Morgan fingerprint density at radius 3 is 2.73 bits per heavy atom. The standard InChI is InChI=1S/C17H18ClFN6O/c1-9-15(20)25(16(21)14-8-22-10(2)23-14)6-5-24(9)17(26)11-3-4-12(18)13(19)7-11/h3-4,7,9,20-21H,5-6,8H2,1-2H3. The van der Waals surface area contributed by atoms with Crippen molar-refractivity contribution >= 4 is 40.7 Å². The third kappa shape index (κ3) is 3.24. The van der Waals surface area contributed by atoms with Gasteiger partial charge >= 0.3 is 0 Å². The van der Waals surface area contributed by atoms with Gasteiger partial charge in [0.05, 0.1) is 17.6 Å². The number of rotatable bonds is 2. The van der Waals surface area contributed by atoms with Crippen molar-refractivity contribution in [3.05, 3.63) is 34.6 Å². The number of carbonyl (C=O) groups is 1. The number of carbonyl (C=O) groups excluding carboxylic acids is 1. The van der Waals surface area contributed by atoms with Crippen molar-refractivity contribution in [2.24, 2.45) is 9.98 Å². The summed E-state index contributed by atoms with van der Waals surface area (Å²) in [5, 5.41) is 16.6. The summed E-state index contributed by atoms with van der Waals surface area (Å²) >= 11 is 5.66. The highest BCUT2D eigenvalue weighted by Gasteiger charge is 2.35. The van der Waals surface area contributed by atoms with Gasteiger partial charge in [-0.15, -0.1) is 0 Å². The number of benzene rings is 1. The highest BCUT2D eigenvalue weighted by Crippen LogP contribution is 2.20. The summed E-state index contributed by atoms with van der Waals surface area (Å²) in [7, 11) is 0. The minimum absolute atomic E-state index is 0.0459. The summed E-state index contributed by atoms with van der Waals surface area (Å²) in [4.78, 5) is 24.1. The van der Waals surface area contributed by atoms with Crippen LogP contribution in [0.25, 0.3) is 0 Å². The molecule has 2 aliphatic rings. The number of nitrogens with one attached hydrogen (secondary N) is 2. The Balaban J connectivity index is 1.75. The minimum Gasteiger partial charge on any atom is -0.327 e. The van der Waals surface area contributed by atoms with E-state index in [0.29, 0.717) is 31.2 Å². The number of amides is 1. The van der Waals surface area contributed by atoms with E-state index >= 15 is 0 Å². The van der Waals surface area contributed by atoms with Crippen molar-refractivity contribution in [3.63, 3.8) is 0 Å². The highest BCUT2D eigenvalue weighted by molar-refractivity contribution is 6.45. The fraction of sp³-hybridized carbons (Fsp3) is 0.353. The summed E-state index contributed by atoms with van der Waals surface area (Å²) in [5.74, 6) is -0.164. The first-order chi connectivity index (χ1) is 12.3. The molecular formula is C17H18ClFN6O. The molecule has 26 heavy (non-hydrogen) atoms. The third-order valence-electron chi connectivity index (χ3n) is 4.44. The van der Waals surface area contributed by atoms with Crippen LogP contribution in [0, 0.1) is 16.6 Å². The van der Waals surface area contributed by atoms with Crippen LogP contribution >= 0.6 is 11.6 Å². The van der Waals surface area contributed by atoms with Crippen molar-refractivity contribution in [2.45, 2.75) is 19.9 Å². The zero-order valence-corrected chi connectivity index (χ0v) is 15.1. The van der Waals surface area contributed by atoms with Crippen LogP contribution in [0.5, 0.6) is 0 Å². The van der Waals surface area contributed by atoms with E-state index in [-0.39, 0.29) is 28.2 Å². The maximum atomic E-state index is 13.6. The summed E-state index contributed by atoms with van der Waals surface area (Å²) in [6.07, 6.45) is 0. The lowest BCUT2D eigenvalue weighted by Crippen LogP contribution is -2.59. The first kappa shape index (κ1) is 18.2. The van der Waals surface area contributed by atoms with E-state index in [1.54, 1.807) is 13.8 Å². The highest BCUT2D eigenvalue weighted by atomic mass is 35.5. The summed E-state index contributed by atoms with van der Waals surface area (Å²) in [6.45, 7) is 4.40. The zero-order valence-electron chi connectivity index (χ0n) is 14.4. The molecule has 0 saturated carbocycles. The number of halogens is 2. The van der Waals surface area contributed by atoms with E-state index in [2.05, 4.69) is 9.98 Å². The van der Waals surface area contributed by atoms with Crippen LogP contribution in [0.1, 0.15) is 24.2 Å². The lowest BCUT2D eigenvalue weighted by molar-refractivity contribution is 0.0701. The molecule has 0 aliphatic carbocycles. The van der Waals surface area contributed by atoms with E-state index < -0.39 is 11.9 Å². The zero-order chi connectivity index (χ0) is 19.0. The molecule has 3 rings (SSSR count). The first-order valence-electron chi connectivity index (χ1n) is 8.09. The molecule has 2 N–H and O–H groups in total. The lowest BCUT2D eigenvalue weighted by atomic mass is 10.1. The van der Waals surface area contributed by atoms with E-state index in [4.69, 9.17) is 22.4 Å². The van der Waals surface area contributed by atoms with E-state index in [0.717, 1.165) is 6.07 Å². The largest absolute Gasteiger partial charge is 0.327 e. The minimum atomic E-state index is -0.657. The molecule has 1 aromatic carbocycles. The monoisotopic (exact) mass is 376 g/mol. The molecular weight excluding hydrogens is 359 g/mol. The average molecular weight is 377 g/mol. The van der Waals surface area contributed by atoms with Gasteiger partial charge in [-0.05, 0) is 32.0 Å². The predicted molar refractivity (Wildman–Crippen MR) is 99.5 cm³/mol. The smallest absolute Gasteiger partial charge is 0.254 e. The number of nitrogens with zero attached hydrogens (tertiary/aromatic N) is 4. The summed E-state index contributed by atoms with van der Waals surface area (Å²) in [5.41, 5.74) is 0.693. The second kappa shape index (κ2) is 6.95. The van der Waals surface area contributed by atoms with Gasteiger partial charge in [-0.3, -0.25) is 20.6 Å². The SMILES string of the molecule is CC1=NCC(C(=N)N2CCN(C(=O)c3ccc(Cl)c(F)c3)C(C)C2=N)=N1. The van der Waals surface area contributed by atoms with Crippen LogP contribution in [0.4, 0.5) is 4.39 Å². The number of hydrogen-bond acceptors (Lipinski definition) is 5. The Morgan fingerprint density at radius 2 is 2.12 bits per heavy atom. The Kier molecular flexibility index (Phi) is 4.86. The van der Waals surface area contributed by atoms with E-state index in [9.17, 15) is 9.18 Å². The van der Waals surface area contributed by atoms with E-state index in [1.165, 1.54) is 21.9 Å². The molecule has 2 aliphatic heterocycles. The molecule has 1 fully saturated rings. The molecule has 7 nitrogen and oxygen atoms in total. The van der Waals surface area contributed by atoms with Gasteiger partial charge in [0.1, 0.15) is 29.0 Å². The van der Waals surface area contributed by atoms with Gasteiger partial charge in [0.25, 0.3) is 5.91 Å². The number of amidine groups is 3. The van der Waals surface area contributed by atoms with Crippen molar-refractivity contribution < 1.29 is 9.18 Å². The third-order valence-corrected chi connectivity index (χ3v) is 4.75. The van der Waals surface area contributed by atoms with Crippen molar-refractivity contribution in [1.82, 2.24) is 9.80 Å². The van der Waals surface area contributed by atoms with Crippen LogP contribution in [-0.4, -0.2) is 64.6 Å². The van der Waals surface area contributed by atoms with Gasteiger partial charge < -0.3 is 9.80 Å². The molecule has 1 unspecified atom stereocenters. The average Bonchev–Trinajstić information content (AvgIpc) is 3.05. The van der Waals surface area contributed by atoms with Crippen LogP contribution in [0.3, 0.4) is 0 Å². The summed E-state index contributed by atoms with van der Waals surface area (Å²) < 4.78 is 13.6. The molecule has 2 heterocycles. The molecule has 1 aromatic rings. The quantitative estimate of drug-likeness (QED) is 0.612. The fourth-order valence-electron chi connectivity index (χ4n) is 2.94. The Hall–Kier alpha value is -2.61. The topological polar surface area (TPSA) is 96.0 Å². The van der Waals surface area contributed by atoms with Crippen LogP contribution in [-0.2, 0) is 0 Å². The second-order valence-corrected chi connectivity index (χ2v) is 6.52. The summed E-state index contributed by atoms with van der Waals surface area (Å²) in [6, 6.07) is 3.35. The van der Waals surface area contributed by atoms with Crippen molar-refractivity contribution in [1.29, 1.82) is 10.8 Å². The lowest BCUT2D eigenvalue weighted by Gasteiger charge is -2.41. The molecule has 1 atom stereocenters. The van der Waals surface area contributed by atoms with Gasteiger partial charge in [-0.1, -0.05) is 11.6 Å². The molecule has 9 heteroatoms. The van der Waals surface area contributed by atoms with Crippen molar-refractivity contribution in [2.75, 3.05) is 19.6 Å². The Bertz CT molecular complexity index is 865. The van der Waals surface area contributed by atoms with E-state index in [1.807, 2.05) is 0 Å². The molecule has 0 aromatic heterocycles. The molecule has 0 bridgehead atoms. The molecule has 1 saturated heterocycles. The Labute approximate surface area is 155 Å². The molecule has 136 valence electrons. The number of piperazine rings is 1. The second-order valence-electron chi connectivity index (χ2n) is 6.11. The number of hydrogen-bond donors (Lipinski definition) is 2. The maximum Gasteiger partial charge on any atom is 0.254 e. The first-order valence-corrected chi connectivity index (χ1v) is 8.47. The number of aliphatic imine (C=N–C) groups is 2. The molecule has 1 amide bonds.